The third-order valence-corrected chi connectivity index (χ3v) is 3.02. The Kier molecular flexibility index (Phi) is 2.95. The number of hydrogen-bond donors (Lipinski definition) is 2. The second-order valence-corrected chi connectivity index (χ2v) is 4.32. The summed E-state index contributed by atoms with van der Waals surface area (Å²) in [5.74, 6) is -1.78. The molecule has 0 saturated carbocycles. The molecule has 20 heavy (non-hydrogen) atoms. The molecule has 2 aromatic carbocycles. The van der Waals surface area contributed by atoms with Gasteiger partial charge >= 0.3 is 0 Å². The van der Waals surface area contributed by atoms with Crippen LogP contribution in [0.25, 0.3) is 10.9 Å². The molecule has 0 aliphatic rings. The lowest BCUT2D eigenvalue weighted by Gasteiger charge is -2.07. The minimum absolute atomic E-state index is 0.178. The number of anilines is 1. The lowest BCUT2D eigenvalue weighted by atomic mass is 10.1. The van der Waals surface area contributed by atoms with Crippen molar-refractivity contribution >= 4 is 22.5 Å². The van der Waals surface area contributed by atoms with Gasteiger partial charge in [0.05, 0.1) is 5.69 Å². The van der Waals surface area contributed by atoms with E-state index in [4.69, 9.17) is 0 Å². The molecule has 5 heteroatoms. The van der Waals surface area contributed by atoms with Crippen molar-refractivity contribution in [1.29, 1.82) is 0 Å². The lowest BCUT2D eigenvalue weighted by Crippen LogP contribution is -2.13. The Balaban J connectivity index is 1.97. The summed E-state index contributed by atoms with van der Waals surface area (Å²) in [6.07, 6.45) is 1.71. The van der Waals surface area contributed by atoms with Crippen LogP contribution >= 0.6 is 0 Å². The summed E-state index contributed by atoms with van der Waals surface area (Å²) in [6.45, 7) is 0. The van der Waals surface area contributed by atoms with Crippen molar-refractivity contribution in [3.63, 3.8) is 0 Å². The van der Waals surface area contributed by atoms with E-state index in [9.17, 15) is 13.6 Å². The highest BCUT2D eigenvalue weighted by atomic mass is 19.1. The van der Waals surface area contributed by atoms with Gasteiger partial charge in [0.2, 0.25) is 0 Å². The molecule has 0 aliphatic carbocycles. The molecule has 3 nitrogen and oxygen atoms in total. The fraction of sp³-hybridized carbons (Fsp3) is 0. The van der Waals surface area contributed by atoms with Crippen LogP contribution in [0.4, 0.5) is 14.5 Å². The number of aromatic amines is 1. The first-order valence-electron chi connectivity index (χ1n) is 5.97. The van der Waals surface area contributed by atoms with E-state index in [0.29, 0.717) is 5.56 Å². The normalized spacial score (nSPS) is 10.7. The number of halogens is 2. The predicted octanol–water partition coefficient (Wildman–Crippen LogP) is 3.70. The zero-order valence-electron chi connectivity index (χ0n) is 10.3. The highest BCUT2D eigenvalue weighted by molar-refractivity contribution is 6.12. The molecule has 0 unspecified atom stereocenters. The number of amides is 1. The largest absolute Gasteiger partial charge is 0.361 e. The molecule has 3 rings (SSSR count). The maximum atomic E-state index is 13.5. The second kappa shape index (κ2) is 4.77. The molecule has 0 fully saturated rings. The maximum Gasteiger partial charge on any atom is 0.256 e. The Hall–Kier alpha value is -2.69. The van der Waals surface area contributed by atoms with E-state index in [1.165, 1.54) is 0 Å². The van der Waals surface area contributed by atoms with Crippen molar-refractivity contribution in [2.45, 2.75) is 0 Å². The number of fused-ring (bicyclic) bond motifs is 1. The first kappa shape index (κ1) is 12.3. The fourth-order valence-electron chi connectivity index (χ4n) is 2.07. The van der Waals surface area contributed by atoms with Gasteiger partial charge in [-0.1, -0.05) is 6.07 Å². The highest BCUT2D eigenvalue weighted by Gasteiger charge is 2.13. The van der Waals surface area contributed by atoms with E-state index in [-0.39, 0.29) is 5.69 Å². The van der Waals surface area contributed by atoms with Gasteiger partial charge < -0.3 is 10.3 Å². The summed E-state index contributed by atoms with van der Waals surface area (Å²) in [7, 11) is 0. The van der Waals surface area contributed by atoms with Crippen LogP contribution < -0.4 is 5.32 Å². The van der Waals surface area contributed by atoms with Crippen molar-refractivity contribution in [1.82, 2.24) is 4.98 Å². The van der Waals surface area contributed by atoms with Crippen molar-refractivity contribution in [3.8, 4) is 0 Å². The predicted molar refractivity (Wildman–Crippen MR) is 72.6 cm³/mol. The average Bonchev–Trinajstić information content (AvgIpc) is 2.91. The number of carbonyl (C=O) groups is 1. The van der Waals surface area contributed by atoms with Gasteiger partial charge in [0.25, 0.3) is 5.91 Å². The number of rotatable bonds is 2. The maximum absolute atomic E-state index is 13.5. The number of nitrogens with one attached hydrogen (secondary N) is 2. The third-order valence-electron chi connectivity index (χ3n) is 3.02. The summed E-state index contributed by atoms with van der Waals surface area (Å²) in [5.41, 5.74) is 1.02. The van der Waals surface area contributed by atoms with Crippen LogP contribution in [0.15, 0.2) is 48.7 Å². The molecule has 0 aliphatic heterocycles. The lowest BCUT2D eigenvalue weighted by molar-refractivity contribution is 0.102. The molecule has 0 atom stereocenters. The van der Waals surface area contributed by atoms with Crippen molar-refractivity contribution < 1.29 is 13.6 Å². The van der Waals surface area contributed by atoms with Crippen LogP contribution in [0.1, 0.15) is 10.4 Å². The molecule has 2 N–H and O–H groups in total. The molecule has 0 radical (unpaired) electrons. The Morgan fingerprint density at radius 2 is 1.95 bits per heavy atom. The second-order valence-electron chi connectivity index (χ2n) is 4.32. The molecule has 1 amide bonds. The minimum atomic E-state index is -0.680. The number of carbonyl (C=O) groups excluding carboxylic acids is 1. The Morgan fingerprint density at radius 1 is 1.10 bits per heavy atom. The van der Waals surface area contributed by atoms with Gasteiger partial charge in [0.1, 0.15) is 11.6 Å². The number of H-pyrrole nitrogens is 1. The summed E-state index contributed by atoms with van der Waals surface area (Å²) in [4.78, 5) is 15.2. The van der Waals surface area contributed by atoms with Gasteiger partial charge in [-0.15, -0.1) is 0 Å². The van der Waals surface area contributed by atoms with Gasteiger partial charge in [-0.05, 0) is 30.3 Å². The van der Waals surface area contributed by atoms with E-state index in [1.54, 1.807) is 24.4 Å². The third kappa shape index (κ3) is 2.14. The number of aromatic nitrogens is 1. The summed E-state index contributed by atoms with van der Waals surface area (Å²) >= 11 is 0. The van der Waals surface area contributed by atoms with E-state index in [0.717, 1.165) is 29.1 Å². The van der Waals surface area contributed by atoms with Gasteiger partial charge in [-0.2, -0.15) is 0 Å². The summed E-state index contributed by atoms with van der Waals surface area (Å²) in [6, 6.07) is 9.85. The molecule has 1 aromatic heterocycles. The van der Waals surface area contributed by atoms with Gasteiger partial charge in [0.15, 0.2) is 0 Å². The standard InChI is InChI=1S/C15H10F2N2O/c16-9-4-5-12(17)14(8-9)19-15(20)11-2-1-3-13-10(11)6-7-18-13/h1-8,18H,(H,19,20). The van der Waals surface area contributed by atoms with Crippen molar-refractivity contribution in [2.75, 3.05) is 5.32 Å². The van der Waals surface area contributed by atoms with Crippen LogP contribution in [0.5, 0.6) is 0 Å². The van der Waals surface area contributed by atoms with E-state index >= 15 is 0 Å². The van der Waals surface area contributed by atoms with Gasteiger partial charge in [-0.3, -0.25) is 4.79 Å². The number of hydrogen-bond acceptors (Lipinski definition) is 1. The summed E-state index contributed by atoms with van der Waals surface area (Å²) < 4.78 is 26.6. The van der Waals surface area contributed by atoms with Crippen molar-refractivity contribution in [2.24, 2.45) is 0 Å². The molecular weight excluding hydrogens is 262 g/mol. The van der Waals surface area contributed by atoms with Crippen molar-refractivity contribution in [3.05, 3.63) is 65.9 Å². The van der Waals surface area contributed by atoms with Crippen LogP contribution in [-0.4, -0.2) is 10.9 Å². The quantitative estimate of drug-likeness (QED) is 0.734. The van der Waals surface area contributed by atoms with Crippen LogP contribution in [0.2, 0.25) is 0 Å². The monoisotopic (exact) mass is 272 g/mol. The molecule has 0 spiro atoms. The molecule has 0 saturated heterocycles. The molecule has 3 aromatic rings. The zero-order chi connectivity index (χ0) is 14.1. The smallest absolute Gasteiger partial charge is 0.256 e. The molecule has 1 heterocycles. The SMILES string of the molecule is O=C(Nc1cc(F)ccc1F)c1cccc2[nH]ccc12. The molecule has 100 valence electrons. The fourth-order valence-corrected chi connectivity index (χ4v) is 2.07. The van der Waals surface area contributed by atoms with Crippen LogP contribution in [0.3, 0.4) is 0 Å². The Morgan fingerprint density at radius 3 is 2.80 bits per heavy atom. The molecule has 0 bridgehead atoms. The number of benzene rings is 2. The Bertz CT molecular complexity index is 795. The topological polar surface area (TPSA) is 44.9 Å². The Labute approximate surface area is 113 Å². The minimum Gasteiger partial charge on any atom is -0.361 e. The highest BCUT2D eigenvalue weighted by Crippen LogP contribution is 2.20. The average molecular weight is 272 g/mol. The van der Waals surface area contributed by atoms with Gasteiger partial charge in [0, 0.05) is 28.7 Å². The zero-order valence-corrected chi connectivity index (χ0v) is 10.3. The first-order chi connectivity index (χ1) is 9.65. The molecular formula is C15H10F2N2O. The van der Waals surface area contributed by atoms with E-state index in [1.807, 2.05) is 6.07 Å². The summed E-state index contributed by atoms with van der Waals surface area (Å²) in [5, 5.41) is 3.11. The van der Waals surface area contributed by atoms with E-state index in [2.05, 4.69) is 10.3 Å². The van der Waals surface area contributed by atoms with Crippen LogP contribution in [-0.2, 0) is 0 Å². The van der Waals surface area contributed by atoms with E-state index < -0.39 is 17.5 Å². The van der Waals surface area contributed by atoms with Gasteiger partial charge in [-0.25, -0.2) is 8.78 Å². The first-order valence-corrected chi connectivity index (χ1v) is 5.97. The van der Waals surface area contributed by atoms with Crippen LogP contribution in [0, 0.1) is 11.6 Å².